The van der Waals surface area contributed by atoms with Gasteiger partial charge in [0.2, 0.25) is 0 Å². The third-order valence-electron chi connectivity index (χ3n) is 4.22. The molecule has 2 aromatic carbocycles. The van der Waals surface area contributed by atoms with Crippen LogP contribution in [0.3, 0.4) is 0 Å². The van der Waals surface area contributed by atoms with Gasteiger partial charge in [-0.25, -0.2) is 4.79 Å². The van der Waals surface area contributed by atoms with Crippen molar-refractivity contribution in [2.75, 3.05) is 13.2 Å². The molecule has 1 aliphatic heterocycles. The minimum Gasteiger partial charge on any atom is -0.480 e. The number of aliphatic carboxylic acids is 1. The Labute approximate surface area is 205 Å². The first kappa shape index (κ1) is 23.1. The van der Waals surface area contributed by atoms with Gasteiger partial charge in [-0.05, 0) is 99.1 Å². The largest absolute Gasteiger partial charge is 0.480 e. The van der Waals surface area contributed by atoms with E-state index < -0.39 is 12.6 Å². The smallest absolute Gasteiger partial charge is 0.341 e. The average molecular weight is 649 g/mol. The van der Waals surface area contributed by atoms with E-state index >= 15 is 0 Å². The van der Waals surface area contributed by atoms with E-state index in [1.807, 2.05) is 30.3 Å². The lowest BCUT2D eigenvalue weighted by molar-refractivity contribution is -0.139. The highest BCUT2D eigenvalue weighted by atomic mass is 127. The van der Waals surface area contributed by atoms with Crippen molar-refractivity contribution in [2.24, 2.45) is 0 Å². The maximum absolute atomic E-state index is 12.7. The Morgan fingerprint density at radius 2 is 1.80 bits per heavy atom. The molecule has 0 radical (unpaired) electrons. The SMILES string of the molecule is O=C(O)COc1c(I)cc(/C=C2/SC(=O)N(CCCc3ccccc3)C2=O)cc1I. The second-order valence-electron chi connectivity index (χ2n) is 6.42. The number of carbonyl (C=O) groups is 3. The van der Waals surface area contributed by atoms with Crippen molar-refractivity contribution in [1.29, 1.82) is 0 Å². The average Bonchev–Trinajstić information content (AvgIpc) is 2.95. The fraction of sp³-hybridized carbons (Fsp3) is 0.190. The van der Waals surface area contributed by atoms with Crippen molar-refractivity contribution in [2.45, 2.75) is 12.8 Å². The molecular formula is C21H17I2NO5S. The van der Waals surface area contributed by atoms with Crippen LogP contribution in [0.25, 0.3) is 6.08 Å². The Bertz CT molecular complexity index is 987. The number of thioether (sulfide) groups is 1. The summed E-state index contributed by atoms with van der Waals surface area (Å²) in [7, 11) is 0. The van der Waals surface area contributed by atoms with Crippen molar-refractivity contribution >= 4 is 80.1 Å². The molecule has 0 atom stereocenters. The van der Waals surface area contributed by atoms with Crippen LogP contribution in [-0.4, -0.2) is 40.3 Å². The van der Waals surface area contributed by atoms with E-state index in [0.29, 0.717) is 23.6 Å². The van der Waals surface area contributed by atoms with Gasteiger partial charge in [-0.1, -0.05) is 30.3 Å². The Balaban J connectivity index is 1.68. The van der Waals surface area contributed by atoms with Crippen LogP contribution in [0.1, 0.15) is 17.5 Å². The van der Waals surface area contributed by atoms with Crippen LogP contribution in [-0.2, 0) is 16.0 Å². The van der Waals surface area contributed by atoms with Gasteiger partial charge in [0, 0.05) is 6.54 Å². The number of aryl methyl sites for hydroxylation is 1. The van der Waals surface area contributed by atoms with Gasteiger partial charge < -0.3 is 9.84 Å². The molecule has 9 heteroatoms. The second-order valence-corrected chi connectivity index (χ2v) is 9.74. The summed E-state index contributed by atoms with van der Waals surface area (Å²) in [6.45, 7) is -0.0405. The van der Waals surface area contributed by atoms with Crippen molar-refractivity contribution in [3.8, 4) is 5.75 Å². The summed E-state index contributed by atoms with van der Waals surface area (Å²) < 4.78 is 6.78. The zero-order valence-corrected chi connectivity index (χ0v) is 20.8. The quantitative estimate of drug-likeness (QED) is 0.320. The number of amides is 2. The Hall–Kier alpha value is -1.60. The first-order chi connectivity index (χ1) is 14.3. The van der Waals surface area contributed by atoms with Gasteiger partial charge in [0.1, 0.15) is 5.75 Å². The maximum atomic E-state index is 12.7. The molecule has 2 amide bonds. The minimum absolute atomic E-state index is 0.259. The van der Waals surface area contributed by atoms with Crippen LogP contribution in [0.4, 0.5) is 4.79 Å². The van der Waals surface area contributed by atoms with Gasteiger partial charge in [-0.15, -0.1) is 0 Å². The second kappa shape index (κ2) is 10.6. The van der Waals surface area contributed by atoms with Crippen molar-refractivity contribution in [3.63, 3.8) is 0 Å². The Morgan fingerprint density at radius 3 is 2.43 bits per heavy atom. The molecule has 0 aromatic heterocycles. The Morgan fingerprint density at radius 1 is 1.13 bits per heavy atom. The third kappa shape index (κ3) is 5.97. The standard InChI is InChI=1S/C21H17I2NO5S/c22-15-9-14(10-16(23)19(15)29-12-18(25)26)11-17-20(27)24(21(28)30-17)8-4-7-13-5-2-1-3-6-13/h1-3,5-6,9-11H,4,7-8,12H2,(H,25,26)/b17-11+. The van der Waals surface area contributed by atoms with Crippen LogP contribution < -0.4 is 4.74 Å². The van der Waals surface area contributed by atoms with Gasteiger partial charge in [0.25, 0.3) is 11.1 Å². The van der Waals surface area contributed by atoms with Crippen LogP contribution in [0.15, 0.2) is 47.4 Å². The molecule has 156 valence electrons. The number of rotatable bonds is 8. The number of benzene rings is 2. The Kier molecular flexibility index (Phi) is 8.17. The van der Waals surface area contributed by atoms with Crippen molar-refractivity contribution in [3.05, 3.63) is 65.6 Å². The van der Waals surface area contributed by atoms with E-state index in [0.717, 1.165) is 30.9 Å². The lowest BCUT2D eigenvalue weighted by atomic mass is 10.1. The molecule has 1 aliphatic rings. The molecule has 0 bridgehead atoms. The topological polar surface area (TPSA) is 83.9 Å². The van der Waals surface area contributed by atoms with Crippen molar-refractivity contribution < 1.29 is 24.2 Å². The van der Waals surface area contributed by atoms with E-state index in [4.69, 9.17) is 9.84 Å². The van der Waals surface area contributed by atoms with E-state index in [1.165, 1.54) is 10.5 Å². The van der Waals surface area contributed by atoms with E-state index in [1.54, 1.807) is 18.2 Å². The number of imide groups is 1. The predicted octanol–water partition coefficient (Wildman–Crippen LogP) is 5.03. The fourth-order valence-corrected chi connectivity index (χ4v) is 5.86. The predicted molar refractivity (Wildman–Crippen MR) is 132 cm³/mol. The molecule has 1 heterocycles. The minimum atomic E-state index is -1.05. The fourth-order valence-electron chi connectivity index (χ4n) is 2.86. The number of hydrogen-bond donors (Lipinski definition) is 1. The van der Waals surface area contributed by atoms with E-state index in [9.17, 15) is 14.4 Å². The third-order valence-corrected chi connectivity index (χ3v) is 6.73. The molecular weight excluding hydrogens is 632 g/mol. The van der Waals surface area contributed by atoms with Gasteiger partial charge in [-0.2, -0.15) is 0 Å². The molecule has 30 heavy (non-hydrogen) atoms. The maximum Gasteiger partial charge on any atom is 0.341 e. The van der Waals surface area contributed by atoms with Gasteiger partial charge in [-0.3, -0.25) is 14.5 Å². The lowest BCUT2D eigenvalue weighted by Crippen LogP contribution is -2.29. The molecule has 6 nitrogen and oxygen atoms in total. The van der Waals surface area contributed by atoms with E-state index in [2.05, 4.69) is 45.2 Å². The summed E-state index contributed by atoms with van der Waals surface area (Å²) in [6.07, 6.45) is 3.20. The highest BCUT2D eigenvalue weighted by Crippen LogP contribution is 2.35. The van der Waals surface area contributed by atoms with Crippen LogP contribution in [0, 0.1) is 7.14 Å². The lowest BCUT2D eigenvalue weighted by Gasteiger charge is -2.12. The summed E-state index contributed by atoms with van der Waals surface area (Å²) in [5.74, 6) is -0.842. The first-order valence-corrected chi connectivity index (χ1v) is 12.0. The van der Waals surface area contributed by atoms with E-state index in [-0.39, 0.29) is 11.1 Å². The number of hydrogen-bond acceptors (Lipinski definition) is 5. The summed E-state index contributed by atoms with van der Waals surface area (Å²) in [5.41, 5.74) is 1.93. The normalized spacial score (nSPS) is 15.1. The zero-order valence-electron chi connectivity index (χ0n) is 15.6. The first-order valence-electron chi connectivity index (χ1n) is 8.98. The molecule has 1 fully saturated rings. The summed E-state index contributed by atoms with van der Waals surface area (Å²) >= 11 is 5.06. The summed E-state index contributed by atoms with van der Waals surface area (Å²) in [5, 5.41) is 8.53. The monoisotopic (exact) mass is 649 g/mol. The number of nitrogens with zero attached hydrogens (tertiary/aromatic N) is 1. The van der Waals surface area contributed by atoms with Crippen LogP contribution >= 0.6 is 56.9 Å². The molecule has 0 saturated carbocycles. The summed E-state index contributed by atoms with van der Waals surface area (Å²) in [6, 6.07) is 13.5. The van der Waals surface area contributed by atoms with Crippen LogP contribution in [0.2, 0.25) is 0 Å². The highest BCUT2D eigenvalue weighted by molar-refractivity contribution is 14.1. The van der Waals surface area contributed by atoms with Gasteiger partial charge in [0.05, 0.1) is 12.0 Å². The number of carboxylic acids is 1. The number of carboxylic acid groups (broad SMARTS) is 1. The molecule has 0 aliphatic carbocycles. The zero-order chi connectivity index (χ0) is 21.7. The van der Waals surface area contributed by atoms with Crippen molar-refractivity contribution in [1.82, 2.24) is 4.90 Å². The summed E-state index contributed by atoms with van der Waals surface area (Å²) in [4.78, 5) is 37.4. The molecule has 3 rings (SSSR count). The highest BCUT2D eigenvalue weighted by Gasteiger charge is 2.34. The van der Waals surface area contributed by atoms with Crippen LogP contribution in [0.5, 0.6) is 5.75 Å². The molecule has 1 N–H and O–H groups in total. The molecule has 1 saturated heterocycles. The number of halogens is 2. The molecule has 0 spiro atoms. The van der Waals surface area contributed by atoms with Gasteiger partial charge >= 0.3 is 5.97 Å². The number of carbonyl (C=O) groups excluding carboxylic acids is 2. The number of ether oxygens (including phenoxy) is 1. The molecule has 0 unspecified atom stereocenters. The van der Waals surface area contributed by atoms with Gasteiger partial charge in [0.15, 0.2) is 6.61 Å². The molecule has 2 aromatic rings.